The van der Waals surface area contributed by atoms with Gasteiger partial charge in [-0.05, 0) is 36.6 Å². The number of benzene rings is 1. The Morgan fingerprint density at radius 2 is 2.10 bits per heavy atom. The Morgan fingerprint density at radius 1 is 1.19 bits per heavy atom. The highest BCUT2D eigenvalue weighted by Crippen LogP contribution is 2.21. The summed E-state index contributed by atoms with van der Waals surface area (Å²) in [5.74, 6) is 1.24. The predicted molar refractivity (Wildman–Crippen MR) is 79.1 cm³/mol. The first-order valence-electron chi connectivity index (χ1n) is 7.15. The minimum absolute atomic E-state index is 0.500. The van der Waals surface area contributed by atoms with Crippen molar-refractivity contribution in [3.05, 3.63) is 47.7 Å². The van der Waals surface area contributed by atoms with E-state index in [-0.39, 0.29) is 0 Å². The number of hydrogen-bond acceptors (Lipinski definition) is 5. The minimum atomic E-state index is 0.500. The average Bonchev–Trinajstić information content (AvgIpc) is 3.32. The molecule has 1 aliphatic rings. The summed E-state index contributed by atoms with van der Waals surface area (Å²) in [5, 5.41) is 11.7. The van der Waals surface area contributed by atoms with Crippen LogP contribution >= 0.6 is 0 Å². The smallest absolute Gasteiger partial charge is 0.238 e. The maximum absolute atomic E-state index is 5.71. The van der Waals surface area contributed by atoms with Crippen molar-refractivity contribution in [1.29, 1.82) is 0 Å². The number of aromatic nitrogens is 2. The van der Waals surface area contributed by atoms with Gasteiger partial charge in [-0.15, -0.1) is 5.10 Å². The highest BCUT2D eigenvalue weighted by atomic mass is 16.5. The molecule has 0 unspecified atom stereocenters. The highest BCUT2D eigenvalue weighted by Gasteiger charge is 2.20. The first-order valence-corrected chi connectivity index (χ1v) is 7.15. The van der Waals surface area contributed by atoms with E-state index in [1.54, 1.807) is 7.11 Å². The van der Waals surface area contributed by atoms with Crippen molar-refractivity contribution in [1.82, 2.24) is 15.5 Å². The summed E-state index contributed by atoms with van der Waals surface area (Å²) in [6.45, 7) is 1.33. The summed E-state index contributed by atoms with van der Waals surface area (Å²) >= 11 is 0. The Balaban J connectivity index is 1.59. The molecular weight excluding hydrogens is 266 g/mol. The van der Waals surface area contributed by atoms with Crippen LogP contribution in [0.4, 0.5) is 0 Å². The number of nitrogens with zero attached hydrogens (tertiary/aromatic N) is 2. The Morgan fingerprint density at radius 3 is 2.81 bits per heavy atom. The summed E-state index contributed by atoms with van der Waals surface area (Å²) in [5.41, 5.74) is 2.00. The number of methoxy groups -OCH3 is 1. The molecule has 110 valence electrons. The van der Waals surface area contributed by atoms with Gasteiger partial charge in [0.2, 0.25) is 5.88 Å². The molecule has 0 spiro atoms. The molecule has 1 heterocycles. The van der Waals surface area contributed by atoms with Gasteiger partial charge in [0.25, 0.3) is 0 Å². The zero-order valence-corrected chi connectivity index (χ0v) is 12.1. The fraction of sp³-hybridized carbons (Fsp3) is 0.375. The van der Waals surface area contributed by atoms with Crippen LogP contribution in [0.15, 0.2) is 36.4 Å². The van der Waals surface area contributed by atoms with Crippen LogP contribution in [0.1, 0.15) is 24.1 Å². The van der Waals surface area contributed by atoms with E-state index in [9.17, 15) is 0 Å². The molecule has 1 aromatic heterocycles. The van der Waals surface area contributed by atoms with Crippen LogP contribution in [0, 0.1) is 0 Å². The van der Waals surface area contributed by atoms with Crippen molar-refractivity contribution in [2.24, 2.45) is 0 Å². The van der Waals surface area contributed by atoms with E-state index in [1.807, 2.05) is 36.4 Å². The zero-order chi connectivity index (χ0) is 14.5. The second kappa shape index (κ2) is 6.65. The fourth-order valence-electron chi connectivity index (χ4n) is 2.02. The molecule has 0 amide bonds. The Hall–Kier alpha value is -1.98. The van der Waals surface area contributed by atoms with Crippen molar-refractivity contribution in [3.63, 3.8) is 0 Å². The molecule has 0 saturated heterocycles. The molecule has 21 heavy (non-hydrogen) atoms. The summed E-state index contributed by atoms with van der Waals surface area (Å²) < 4.78 is 10.8. The van der Waals surface area contributed by atoms with Gasteiger partial charge in [-0.1, -0.05) is 12.1 Å². The lowest BCUT2D eigenvalue weighted by Crippen LogP contribution is -2.16. The van der Waals surface area contributed by atoms with Crippen molar-refractivity contribution in [2.45, 2.75) is 32.0 Å². The second-order valence-electron chi connectivity index (χ2n) is 5.20. The fourth-order valence-corrected chi connectivity index (χ4v) is 2.02. The molecule has 1 aliphatic carbocycles. The number of ether oxygens (including phenoxy) is 2. The SMILES string of the molecule is COCc1cccc(Oc2ccc(CNC3CC3)nn2)c1. The molecule has 1 aromatic carbocycles. The quantitative estimate of drug-likeness (QED) is 0.847. The standard InChI is InChI=1S/C16H19N3O2/c1-20-11-12-3-2-4-15(9-12)21-16-8-7-14(18-19-16)10-17-13-5-6-13/h2-4,7-9,13,17H,5-6,10-11H2,1H3. The Labute approximate surface area is 124 Å². The Bertz CT molecular complexity index is 582. The van der Waals surface area contributed by atoms with Crippen molar-refractivity contribution >= 4 is 0 Å². The first-order chi connectivity index (χ1) is 10.3. The Kier molecular flexibility index (Phi) is 4.43. The van der Waals surface area contributed by atoms with E-state index < -0.39 is 0 Å². The zero-order valence-electron chi connectivity index (χ0n) is 12.1. The third-order valence-corrected chi connectivity index (χ3v) is 3.28. The monoisotopic (exact) mass is 285 g/mol. The topological polar surface area (TPSA) is 56.3 Å². The van der Waals surface area contributed by atoms with Crippen LogP contribution in [0.3, 0.4) is 0 Å². The van der Waals surface area contributed by atoms with Gasteiger partial charge in [-0.2, -0.15) is 5.10 Å². The van der Waals surface area contributed by atoms with Crippen LogP contribution in [0.5, 0.6) is 11.6 Å². The first kappa shape index (κ1) is 14.0. The van der Waals surface area contributed by atoms with Crippen molar-refractivity contribution in [3.8, 4) is 11.6 Å². The lowest BCUT2D eigenvalue weighted by atomic mass is 10.2. The molecule has 0 bridgehead atoms. The van der Waals surface area contributed by atoms with Gasteiger partial charge < -0.3 is 14.8 Å². The molecule has 0 radical (unpaired) electrons. The number of hydrogen-bond donors (Lipinski definition) is 1. The maximum atomic E-state index is 5.71. The molecule has 5 heteroatoms. The maximum Gasteiger partial charge on any atom is 0.238 e. The van der Waals surface area contributed by atoms with E-state index in [0.29, 0.717) is 18.5 Å². The molecular formula is C16H19N3O2. The van der Waals surface area contributed by atoms with Gasteiger partial charge in [0.1, 0.15) is 5.75 Å². The van der Waals surface area contributed by atoms with E-state index in [2.05, 4.69) is 15.5 Å². The van der Waals surface area contributed by atoms with Gasteiger partial charge in [0.15, 0.2) is 0 Å². The lowest BCUT2D eigenvalue weighted by molar-refractivity contribution is 0.184. The van der Waals surface area contributed by atoms with Gasteiger partial charge in [-0.3, -0.25) is 0 Å². The summed E-state index contributed by atoms with van der Waals surface area (Å²) in [6, 6.07) is 12.2. The molecule has 3 rings (SSSR count). The van der Waals surface area contributed by atoms with Gasteiger partial charge in [0.05, 0.1) is 12.3 Å². The van der Waals surface area contributed by atoms with Crippen molar-refractivity contribution < 1.29 is 9.47 Å². The van der Waals surface area contributed by atoms with E-state index in [0.717, 1.165) is 23.6 Å². The van der Waals surface area contributed by atoms with Crippen LogP contribution in [-0.2, 0) is 17.9 Å². The van der Waals surface area contributed by atoms with Crippen LogP contribution in [0.2, 0.25) is 0 Å². The summed E-state index contributed by atoms with van der Waals surface area (Å²) in [7, 11) is 1.67. The molecule has 1 saturated carbocycles. The number of rotatable bonds is 7. The molecule has 5 nitrogen and oxygen atoms in total. The van der Waals surface area contributed by atoms with E-state index >= 15 is 0 Å². The second-order valence-corrected chi connectivity index (χ2v) is 5.20. The minimum Gasteiger partial charge on any atom is -0.438 e. The van der Waals surface area contributed by atoms with Gasteiger partial charge >= 0.3 is 0 Å². The molecule has 1 N–H and O–H groups in total. The number of nitrogens with one attached hydrogen (secondary N) is 1. The van der Waals surface area contributed by atoms with Crippen LogP contribution in [-0.4, -0.2) is 23.3 Å². The van der Waals surface area contributed by atoms with Gasteiger partial charge in [0, 0.05) is 25.8 Å². The van der Waals surface area contributed by atoms with Crippen LogP contribution < -0.4 is 10.1 Å². The molecule has 1 fully saturated rings. The van der Waals surface area contributed by atoms with Gasteiger partial charge in [-0.25, -0.2) is 0 Å². The lowest BCUT2D eigenvalue weighted by Gasteiger charge is -2.07. The largest absolute Gasteiger partial charge is 0.438 e. The highest BCUT2D eigenvalue weighted by molar-refractivity contribution is 5.31. The average molecular weight is 285 g/mol. The third-order valence-electron chi connectivity index (χ3n) is 3.28. The van der Waals surface area contributed by atoms with Crippen molar-refractivity contribution in [2.75, 3.05) is 7.11 Å². The molecule has 2 aromatic rings. The summed E-state index contributed by atoms with van der Waals surface area (Å²) in [6.07, 6.45) is 2.54. The molecule has 0 atom stereocenters. The summed E-state index contributed by atoms with van der Waals surface area (Å²) in [4.78, 5) is 0. The molecule has 0 aliphatic heterocycles. The predicted octanol–water partition coefficient (Wildman–Crippen LogP) is 2.67. The third kappa shape index (κ3) is 4.24. The van der Waals surface area contributed by atoms with E-state index in [1.165, 1.54) is 12.8 Å². The van der Waals surface area contributed by atoms with Crippen LogP contribution in [0.25, 0.3) is 0 Å². The normalized spacial score (nSPS) is 14.1. The van der Waals surface area contributed by atoms with E-state index in [4.69, 9.17) is 9.47 Å².